The molecule has 0 aromatic carbocycles. The highest BCUT2D eigenvalue weighted by Gasteiger charge is 2.38. The van der Waals surface area contributed by atoms with E-state index in [1.807, 2.05) is 0 Å². The highest BCUT2D eigenvalue weighted by Crippen LogP contribution is 2.21. The number of hydrogen-bond acceptors (Lipinski definition) is 4. The van der Waals surface area contributed by atoms with Gasteiger partial charge in [-0.25, -0.2) is 0 Å². The monoisotopic (exact) mass is 283 g/mol. The standard InChI is InChI=1S/C15H25NO4/c1-4-20-14(19)15(2,3)12(17)11-16-10-8-6-5-7-9-13(16)18/h4-11H2,1-3H3. The molecule has 0 N–H and O–H groups in total. The van der Waals surface area contributed by atoms with Gasteiger partial charge in [0.2, 0.25) is 5.91 Å². The van der Waals surface area contributed by atoms with Crippen LogP contribution in [0.3, 0.4) is 0 Å². The molecule has 0 bridgehead atoms. The smallest absolute Gasteiger partial charge is 0.319 e. The number of nitrogens with zero attached hydrogens (tertiary/aromatic N) is 1. The van der Waals surface area contributed by atoms with Crippen LogP contribution >= 0.6 is 0 Å². The minimum Gasteiger partial charge on any atom is -0.465 e. The van der Waals surface area contributed by atoms with Crippen LogP contribution < -0.4 is 0 Å². The maximum Gasteiger partial charge on any atom is 0.319 e. The molecular formula is C15H25NO4. The van der Waals surface area contributed by atoms with Crippen molar-refractivity contribution < 1.29 is 19.1 Å². The molecule has 1 heterocycles. The summed E-state index contributed by atoms with van der Waals surface area (Å²) in [7, 11) is 0. The first-order valence-corrected chi connectivity index (χ1v) is 7.38. The number of esters is 1. The molecule has 1 fully saturated rings. The molecule has 0 aromatic heterocycles. The van der Waals surface area contributed by atoms with Gasteiger partial charge in [-0.1, -0.05) is 12.8 Å². The molecule has 0 saturated carbocycles. The molecule has 1 saturated heterocycles. The first kappa shape index (κ1) is 16.7. The molecule has 1 rings (SSSR count). The van der Waals surface area contributed by atoms with E-state index in [9.17, 15) is 14.4 Å². The molecule has 1 aliphatic rings. The number of ketones is 1. The summed E-state index contributed by atoms with van der Waals surface area (Å²) in [6.45, 7) is 5.68. The summed E-state index contributed by atoms with van der Waals surface area (Å²) in [5, 5.41) is 0. The number of likely N-dealkylation sites (tertiary alicyclic amines) is 1. The predicted octanol–water partition coefficient (Wildman–Crippen LogP) is 1.94. The lowest BCUT2D eigenvalue weighted by Gasteiger charge is -2.28. The molecule has 0 atom stereocenters. The van der Waals surface area contributed by atoms with Crippen LogP contribution in [0.5, 0.6) is 0 Å². The third-order valence-electron chi connectivity index (χ3n) is 3.74. The molecule has 0 radical (unpaired) electrons. The van der Waals surface area contributed by atoms with Gasteiger partial charge in [0, 0.05) is 13.0 Å². The quantitative estimate of drug-likeness (QED) is 0.571. The molecule has 0 aromatic rings. The Kier molecular flexibility index (Phi) is 6.17. The van der Waals surface area contributed by atoms with E-state index in [4.69, 9.17) is 4.74 Å². The van der Waals surface area contributed by atoms with Crippen molar-refractivity contribution in [2.75, 3.05) is 19.7 Å². The van der Waals surface area contributed by atoms with Gasteiger partial charge in [0.25, 0.3) is 0 Å². The first-order chi connectivity index (χ1) is 9.39. The summed E-state index contributed by atoms with van der Waals surface area (Å²) >= 11 is 0. The van der Waals surface area contributed by atoms with Gasteiger partial charge in [-0.05, 0) is 33.6 Å². The van der Waals surface area contributed by atoms with Crippen LogP contribution in [0, 0.1) is 5.41 Å². The van der Waals surface area contributed by atoms with Crippen molar-refractivity contribution in [3.05, 3.63) is 0 Å². The number of amides is 1. The highest BCUT2D eigenvalue weighted by molar-refractivity contribution is 6.04. The average molecular weight is 283 g/mol. The Morgan fingerprint density at radius 1 is 1.20 bits per heavy atom. The van der Waals surface area contributed by atoms with Crippen molar-refractivity contribution in [2.45, 2.75) is 52.9 Å². The molecule has 1 aliphatic heterocycles. The van der Waals surface area contributed by atoms with Crippen LogP contribution in [0.4, 0.5) is 0 Å². The van der Waals surface area contributed by atoms with E-state index < -0.39 is 11.4 Å². The SMILES string of the molecule is CCOC(=O)C(C)(C)C(=O)CN1CCCCCCC1=O. The van der Waals surface area contributed by atoms with E-state index in [1.54, 1.807) is 25.7 Å². The Labute approximate surface area is 120 Å². The summed E-state index contributed by atoms with van der Waals surface area (Å²) in [5.41, 5.74) is -1.20. The van der Waals surface area contributed by atoms with Crippen molar-refractivity contribution >= 4 is 17.7 Å². The van der Waals surface area contributed by atoms with Crippen molar-refractivity contribution in [3.8, 4) is 0 Å². The molecule has 0 unspecified atom stereocenters. The van der Waals surface area contributed by atoms with Gasteiger partial charge < -0.3 is 9.64 Å². The Balaban J connectivity index is 2.67. The lowest BCUT2D eigenvalue weighted by Crippen LogP contribution is -2.45. The van der Waals surface area contributed by atoms with Gasteiger partial charge in [-0.2, -0.15) is 0 Å². The van der Waals surface area contributed by atoms with Crippen molar-refractivity contribution in [2.24, 2.45) is 5.41 Å². The second-order valence-electron chi connectivity index (χ2n) is 5.75. The zero-order chi connectivity index (χ0) is 15.2. The number of carbonyl (C=O) groups is 3. The van der Waals surface area contributed by atoms with Gasteiger partial charge >= 0.3 is 5.97 Å². The Morgan fingerprint density at radius 3 is 2.50 bits per heavy atom. The fourth-order valence-corrected chi connectivity index (χ4v) is 2.18. The molecule has 5 nitrogen and oxygen atoms in total. The van der Waals surface area contributed by atoms with E-state index in [-0.39, 0.29) is 24.8 Å². The van der Waals surface area contributed by atoms with Crippen LogP contribution in [0.25, 0.3) is 0 Å². The molecule has 1 amide bonds. The molecular weight excluding hydrogens is 258 g/mol. The van der Waals surface area contributed by atoms with Crippen LogP contribution in [0.2, 0.25) is 0 Å². The summed E-state index contributed by atoms with van der Waals surface area (Å²) in [6.07, 6.45) is 4.44. The van der Waals surface area contributed by atoms with E-state index in [0.717, 1.165) is 25.7 Å². The Morgan fingerprint density at radius 2 is 1.85 bits per heavy atom. The maximum absolute atomic E-state index is 12.3. The Hall–Kier alpha value is -1.39. The molecule has 5 heteroatoms. The molecule has 0 aliphatic carbocycles. The summed E-state index contributed by atoms with van der Waals surface area (Å²) < 4.78 is 4.93. The third kappa shape index (κ3) is 4.32. The number of rotatable bonds is 5. The van der Waals surface area contributed by atoms with Crippen LogP contribution in [-0.4, -0.2) is 42.3 Å². The number of carbonyl (C=O) groups excluding carboxylic acids is 3. The fourth-order valence-electron chi connectivity index (χ4n) is 2.18. The van der Waals surface area contributed by atoms with Crippen molar-refractivity contribution in [1.29, 1.82) is 0 Å². The normalized spacial score (nSPS) is 17.4. The molecule has 20 heavy (non-hydrogen) atoms. The van der Waals surface area contributed by atoms with Crippen LogP contribution in [0.1, 0.15) is 52.9 Å². The maximum atomic E-state index is 12.3. The van der Waals surface area contributed by atoms with Gasteiger partial charge in [-0.3, -0.25) is 14.4 Å². The minimum atomic E-state index is -1.20. The lowest BCUT2D eigenvalue weighted by atomic mass is 9.87. The van der Waals surface area contributed by atoms with Crippen molar-refractivity contribution in [3.63, 3.8) is 0 Å². The number of Topliss-reactive ketones (excluding diaryl/α,β-unsaturated/α-hetero) is 1. The van der Waals surface area contributed by atoms with Crippen molar-refractivity contribution in [1.82, 2.24) is 4.90 Å². The summed E-state index contributed by atoms with van der Waals surface area (Å²) in [6, 6.07) is 0. The van der Waals surface area contributed by atoms with Gasteiger partial charge in [0.05, 0.1) is 13.2 Å². The second kappa shape index (κ2) is 7.41. The summed E-state index contributed by atoms with van der Waals surface area (Å²) in [4.78, 5) is 37.7. The van der Waals surface area contributed by atoms with Gasteiger partial charge in [0.1, 0.15) is 5.41 Å². The fraction of sp³-hybridized carbons (Fsp3) is 0.800. The minimum absolute atomic E-state index is 0.00461. The van der Waals surface area contributed by atoms with Gasteiger partial charge in [-0.15, -0.1) is 0 Å². The van der Waals surface area contributed by atoms with Gasteiger partial charge in [0.15, 0.2) is 5.78 Å². The highest BCUT2D eigenvalue weighted by atomic mass is 16.5. The van der Waals surface area contributed by atoms with E-state index in [2.05, 4.69) is 0 Å². The van der Waals surface area contributed by atoms with E-state index in [1.165, 1.54) is 0 Å². The first-order valence-electron chi connectivity index (χ1n) is 7.38. The molecule has 114 valence electrons. The van der Waals surface area contributed by atoms with Crippen LogP contribution in [0.15, 0.2) is 0 Å². The number of hydrogen-bond donors (Lipinski definition) is 0. The zero-order valence-corrected chi connectivity index (χ0v) is 12.7. The Bertz CT molecular complexity index is 376. The van der Waals surface area contributed by atoms with Crippen LogP contribution in [-0.2, 0) is 19.1 Å². The largest absolute Gasteiger partial charge is 0.465 e. The second-order valence-corrected chi connectivity index (χ2v) is 5.75. The predicted molar refractivity (Wildman–Crippen MR) is 75.1 cm³/mol. The van der Waals surface area contributed by atoms with E-state index in [0.29, 0.717) is 13.0 Å². The zero-order valence-electron chi connectivity index (χ0n) is 12.7. The molecule has 0 spiro atoms. The topological polar surface area (TPSA) is 63.7 Å². The lowest BCUT2D eigenvalue weighted by molar-refractivity contribution is -0.159. The van der Waals surface area contributed by atoms with E-state index >= 15 is 0 Å². The third-order valence-corrected chi connectivity index (χ3v) is 3.74. The summed E-state index contributed by atoms with van der Waals surface area (Å²) in [5.74, 6) is -0.771. The average Bonchev–Trinajstić information content (AvgIpc) is 2.38. The number of ether oxygens (including phenoxy) is 1.